The molecular formula is C6H9Br3. The maximum atomic E-state index is 3.47. The van der Waals surface area contributed by atoms with Crippen LogP contribution in [-0.4, -0.2) is 8.56 Å². The summed E-state index contributed by atoms with van der Waals surface area (Å²) in [4.78, 5) is 0.377. The van der Waals surface area contributed by atoms with Crippen molar-refractivity contribution in [2.45, 2.75) is 22.4 Å². The first-order chi connectivity index (χ1) is 4.04. The van der Waals surface area contributed by atoms with E-state index in [4.69, 9.17) is 0 Å². The summed E-state index contributed by atoms with van der Waals surface area (Å²) in [5.74, 6) is 0. The minimum atomic E-state index is 0.319. The molecule has 0 saturated heterocycles. The van der Waals surface area contributed by atoms with Crippen molar-refractivity contribution in [1.29, 1.82) is 0 Å². The first kappa shape index (κ1) is 10.2. The van der Waals surface area contributed by atoms with Crippen molar-refractivity contribution in [1.82, 2.24) is 0 Å². The van der Waals surface area contributed by atoms with E-state index in [1.807, 2.05) is 0 Å². The molecule has 3 heteroatoms. The van der Waals surface area contributed by atoms with Gasteiger partial charge in [0.2, 0.25) is 0 Å². The van der Waals surface area contributed by atoms with Crippen LogP contribution in [0.4, 0.5) is 0 Å². The van der Waals surface area contributed by atoms with Gasteiger partial charge < -0.3 is 0 Å². The zero-order valence-corrected chi connectivity index (χ0v) is 10.1. The SMILES string of the molecule is CC(C)=CC(Br)C(Br)Br. The van der Waals surface area contributed by atoms with E-state index >= 15 is 0 Å². The molecule has 54 valence electrons. The van der Waals surface area contributed by atoms with E-state index in [0.717, 1.165) is 0 Å². The average molecular weight is 321 g/mol. The molecule has 0 heterocycles. The highest BCUT2D eigenvalue weighted by Crippen LogP contribution is 2.21. The molecule has 1 atom stereocenters. The monoisotopic (exact) mass is 318 g/mol. The van der Waals surface area contributed by atoms with Gasteiger partial charge >= 0.3 is 0 Å². The van der Waals surface area contributed by atoms with E-state index in [2.05, 4.69) is 67.7 Å². The topological polar surface area (TPSA) is 0 Å². The van der Waals surface area contributed by atoms with Gasteiger partial charge in [-0.15, -0.1) is 0 Å². The van der Waals surface area contributed by atoms with Gasteiger partial charge in [-0.25, -0.2) is 0 Å². The minimum Gasteiger partial charge on any atom is -0.0824 e. The third-order valence-electron chi connectivity index (χ3n) is 0.733. The summed E-state index contributed by atoms with van der Waals surface area (Å²) < 4.78 is 0.319. The summed E-state index contributed by atoms with van der Waals surface area (Å²) in [6, 6.07) is 0. The maximum absolute atomic E-state index is 3.47. The van der Waals surface area contributed by atoms with E-state index < -0.39 is 0 Å². The molecule has 0 aromatic rings. The summed E-state index contributed by atoms with van der Waals surface area (Å²) in [7, 11) is 0. The third kappa shape index (κ3) is 5.62. The minimum absolute atomic E-state index is 0.319. The van der Waals surface area contributed by atoms with Gasteiger partial charge in [-0.2, -0.15) is 0 Å². The largest absolute Gasteiger partial charge is 0.0857 e. The predicted octanol–water partition coefficient (Wildman–Crippen LogP) is 3.83. The molecule has 0 aliphatic carbocycles. The van der Waals surface area contributed by atoms with Crippen LogP contribution in [0, 0.1) is 0 Å². The quantitative estimate of drug-likeness (QED) is 0.536. The van der Waals surface area contributed by atoms with Crippen LogP contribution in [0.15, 0.2) is 11.6 Å². The van der Waals surface area contributed by atoms with Crippen LogP contribution in [0.5, 0.6) is 0 Å². The van der Waals surface area contributed by atoms with Crippen molar-refractivity contribution in [3.05, 3.63) is 11.6 Å². The van der Waals surface area contributed by atoms with Crippen molar-refractivity contribution in [2.75, 3.05) is 0 Å². The highest BCUT2D eigenvalue weighted by Gasteiger charge is 2.07. The van der Waals surface area contributed by atoms with Crippen molar-refractivity contribution >= 4 is 47.8 Å². The Morgan fingerprint density at radius 3 is 1.78 bits per heavy atom. The summed E-state index contributed by atoms with van der Waals surface area (Å²) >= 11 is 10.3. The lowest BCUT2D eigenvalue weighted by molar-refractivity contribution is 1.21. The smallest absolute Gasteiger partial charge is 0.0824 e. The Kier molecular flexibility index (Phi) is 5.56. The average Bonchev–Trinajstić information content (AvgIpc) is 1.63. The summed E-state index contributed by atoms with van der Waals surface area (Å²) in [6.07, 6.45) is 2.15. The molecule has 0 amide bonds. The first-order valence-electron chi connectivity index (χ1n) is 2.61. The normalized spacial score (nSPS) is 13.6. The van der Waals surface area contributed by atoms with E-state index in [9.17, 15) is 0 Å². The van der Waals surface area contributed by atoms with Crippen molar-refractivity contribution in [3.63, 3.8) is 0 Å². The molecule has 9 heavy (non-hydrogen) atoms. The van der Waals surface area contributed by atoms with E-state index in [-0.39, 0.29) is 0 Å². The fourth-order valence-corrected chi connectivity index (χ4v) is 1.23. The van der Waals surface area contributed by atoms with Gasteiger partial charge in [0.05, 0.1) is 8.56 Å². The molecule has 0 rings (SSSR count). The summed E-state index contributed by atoms with van der Waals surface area (Å²) in [5, 5.41) is 0. The highest BCUT2D eigenvalue weighted by molar-refractivity contribution is 9.25. The standard InChI is InChI=1S/C6H9Br3/c1-4(2)3-5(7)6(8)9/h3,5-6H,1-2H3. The Morgan fingerprint density at radius 2 is 1.67 bits per heavy atom. The second-order valence-corrected chi connectivity index (χ2v) is 6.28. The number of hydrogen-bond acceptors (Lipinski definition) is 0. The molecule has 0 N–H and O–H groups in total. The van der Waals surface area contributed by atoms with Gasteiger partial charge in [0.1, 0.15) is 0 Å². The van der Waals surface area contributed by atoms with Gasteiger partial charge in [0.25, 0.3) is 0 Å². The molecule has 0 aromatic heterocycles. The molecule has 0 aliphatic heterocycles. The molecule has 0 bridgehead atoms. The Morgan fingerprint density at radius 1 is 1.22 bits per heavy atom. The molecule has 1 unspecified atom stereocenters. The van der Waals surface area contributed by atoms with Crippen LogP contribution < -0.4 is 0 Å². The number of halogens is 3. The van der Waals surface area contributed by atoms with Gasteiger partial charge in [0, 0.05) is 0 Å². The van der Waals surface area contributed by atoms with E-state index in [1.165, 1.54) is 5.57 Å². The number of alkyl halides is 3. The molecule has 0 saturated carbocycles. The number of allylic oxidation sites excluding steroid dienone is 2. The molecule has 0 aromatic carbocycles. The molecule has 0 spiro atoms. The fraction of sp³-hybridized carbons (Fsp3) is 0.667. The lowest BCUT2D eigenvalue weighted by atomic mass is 10.3. The second-order valence-electron chi connectivity index (χ2n) is 2.02. The lowest BCUT2D eigenvalue weighted by Gasteiger charge is -2.04. The fourth-order valence-electron chi connectivity index (χ4n) is 0.391. The zero-order valence-electron chi connectivity index (χ0n) is 5.37. The van der Waals surface area contributed by atoms with E-state index in [1.54, 1.807) is 0 Å². The van der Waals surface area contributed by atoms with Gasteiger partial charge in [0.15, 0.2) is 0 Å². The highest BCUT2D eigenvalue weighted by atomic mass is 79.9. The second kappa shape index (κ2) is 4.91. The predicted molar refractivity (Wildman–Crippen MR) is 53.8 cm³/mol. The van der Waals surface area contributed by atoms with Crippen molar-refractivity contribution in [3.8, 4) is 0 Å². The molecular weight excluding hydrogens is 312 g/mol. The first-order valence-corrected chi connectivity index (χ1v) is 5.36. The lowest BCUT2D eigenvalue weighted by Crippen LogP contribution is -2.02. The third-order valence-corrected chi connectivity index (χ3v) is 4.08. The zero-order chi connectivity index (χ0) is 7.44. The molecule has 0 aliphatic rings. The van der Waals surface area contributed by atoms with Crippen LogP contribution in [0.25, 0.3) is 0 Å². The van der Waals surface area contributed by atoms with Crippen LogP contribution in [0.3, 0.4) is 0 Å². The Labute approximate surface area is 81.5 Å². The van der Waals surface area contributed by atoms with Crippen LogP contribution in [0.1, 0.15) is 13.8 Å². The maximum Gasteiger partial charge on any atom is 0.0857 e. The van der Waals surface area contributed by atoms with Gasteiger partial charge in [-0.3, -0.25) is 0 Å². The van der Waals surface area contributed by atoms with Crippen LogP contribution in [0.2, 0.25) is 0 Å². The van der Waals surface area contributed by atoms with Crippen molar-refractivity contribution < 1.29 is 0 Å². The molecule has 0 fully saturated rings. The van der Waals surface area contributed by atoms with Crippen molar-refractivity contribution in [2.24, 2.45) is 0 Å². The molecule has 0 radical (unpaired) electrons. The summed E-state index contributed by atoms with van der Waals surface area (Å²) in [6.45, 7) is 4.16. The van der Waals surface area contributed by atoms with Gasteiger partial charge in [-0.1, -0.05) is 59.4 Å². The Bertz CT molecular complexity index is 103. The van der Waals surface area contributed by atoms with Crippen LogP contribution >= 0.6 is 47.8 Å². The number of rotatable bonds is 2. The van der Waals surface area contributed by atoms with Crippen LogP contribution in [-0.2, 0) is 0 Å². The molecule has 0 nitrogen and oxygen atoms in total. The summed E-state index contributed by atoms with van der Waals surface area (Å²) in [5.41, 5.74) is 1.32. The van der Waals surface area contributed by atoms with E-state index in [0.29, 0.717) is 8.56 Å². The Hall–Kier alpha value is 1.18. The van der Waals surface area contributed by atoms with Gasteiger partial charge in [-0.05, 0) is 13.8 Å². The number of hydrogen-bond donors (Lipinski definition) is 0. The Balaban J connectivity index is 3.76.